The van der Waals surface area contributed by atoms with E-state index in [0.29, 0.717) is 46.5 Å². The maximum absolute atomic E-state index is 6.99. The summed E-state index contributed by atoms with van der Waals surface area (Å²) in [6, 6.07) is 0. The first-order valence-electron chi connectivity index (χ1n) is 20.2. The van der Waals surface area contributed by atoms with Crippen molar-refractivity contribution in [3.63, 3.8) is 0 Å². The maximum atomic E-state index is 6.99. The first-order valence-corrected chi connectivity index (χ1v) is 24.5. The fourth-order valence-electron chi connectivity index (χ4n) is 10.5. The van der Waals surface area contributed by atoms with Crippen molar-refractivity contribution in [1.29, 1.82) is 0 Å². The molecule has 0 bridgehead atoms. The number of rotatable bonds is 16. The Morgan fingerprint density at radius 1 is 0.400 bits per heavy atom. The number of hydrogen-bond acceptors (Lipinski definition) is 8. The second-order valence-corrected chi connectivity index (χ2v) is 30.0. The molecule has 0 spiro atoms. The van der Waals surface area contributed by atoms with Crippen LogP contribution in [0.15, 0.2) is 0 Å². The second-order valence-electron chi connectivity index (χ2n) is 19.1. The standard InChI is InChI=1S/C40H80O8Si2/c1-26(2)49(27(3)4,28(5)6)41-24-36-22-34(45-39(15,16)47-36)20-32-19-33(44-38(13,14)43-32)21-35-23-37(48-40(17,18)46-35)25-42-50(29(7)8,30(9)10)31(11)12/h26-37H,19-25H2,1-18H3/t32-,33?,34+,35+,36+,37?/m1/s1. The highest BCUT2D eigenvalue weighted by Crippen LogP contribution is 2.45. The SMILES string of the molecule is CC(C)[Si](OCC1C[C@H](CC2C[C@H](C[C@H]3C[C@@H](CO[Si](C(C)C)(C(C)C)C(C)C)OC(C)(C)O3)OC(C)(C)O2)OC(C)(C)O1)(C(C)C)C(C)C. The van der Waals surface area contributed by atoms with E-state index in [4.69, 9.17) is 37.3 Å². The van der Waals surface area contributed by atoms with Crippen molar-refractivity contribution in [2.75, 3.05) is 13.2 Å². The molecule has 3 aliphatic heterocycles. The Hall–Kier alpha value is 0.114. The van der Waals surface area contributed by atoms with E-state index in [1.165, 1.54) is 0 Å². The summed E-state index contributed by atoms with van der Waals surface area (Å²) >= 11 is 0. The van der Waals surface area contributed by atoms with E-state index in [9.17, 15) is 0 Å². The van der Waals surface area contributed by atoms with Crippen LogP contribution in [-0.2, 0) is 37.3 Å². The van der Waals surface area contributed by atoms with Crippen molar-refractivity contribution in [2.24, 2.45) is 0 Å². The van der Waals surface area contributed by atoms with Crippen LogP contribution >= 0.6 is 0 Å². The fourth-order valence-corrected chi connectivity index (χ4v) is 21.5. The quantitative estimate of drug-likeness (QED) is 0.145. The molecule has 3 heterocycles. The first-order chi connectivity index (χ1) is 22.8. The molecule has 0 amide bonds. The van der Waals surface area contributed by atoms with Crippen molar-refractivity contribution in [2.45, 2.75) is 244 Å². The Bertz CT molecular complexity index is 921. The molecular weight excluding hydrogens is 665 g/mol. The predicted molar refractivity (Wildman–Crippen MR) is 209 cm³/mol. The minimum absolute atomic E-state index is 0.00130. The zero-order valence-corrected chi connectivity index (χ0v) is 37.6. The molecule has 3 aliphatic rings. The van der Waals surface area contributed by atoms with Gasteiger partial charge in [-0.05, 0) is 74.8 Å². The number of hydrogen-bond donors (Lipinski definition) is 0. The van der Waals surface area contributed by atoms with E-state index in [1.807, 2.05) is 41.5 Å². The molecule has 3 saturated heterocycles. The maximum Gasteiger partial charge on any atom is 0.200 e. The predicted octanol–water partition coefficient (Wildman–Crippen LogP) is 10.9. The van der Waals surface area contributed by atoms with Gasteiger partial charge in [0.05, 0.1) is 49.8 Å². The lowest BCUT2D eigenvalue weighted by atomic mass is 9.94. The van der Waals surface area contributed by atoms with E-state index < -0.39 is 34.0 Å². The van der Waals surface area contributed by atoms with Gasteiger partial charge in [-0.15, -0.1) is 0 Å². The third-order valence-electron chi connectivity index (χ3n) is 11.8. The van der Waals surface area contributed by atoms with Gasteiger partial charge >= 0.3 is 0 Å². The van der Waals surface area contributed by atoms with Gasteiger partial charge in [-0.3, -0.25) is 0 Å². The summed E-state index contributed by atoms with van der Waals surface area (Å²) < 4.78 is 53.1. The summed E-state index contributed by atoms with van der Waals surface area (Å²) in [5.74, 6) is -2.07. The second kappa shape index (κ2) is 17.3. The fraction of sp³-hybridized carbons (Fsp3) is 1.00. The Morgan fingerprint density at radius 2 is 0.600 bits per heavy atom. The molecule has 2 unspecified atom stereocenters. The number of ether oxygens (including phenoxy) is 6. The molecule has 3 fully saturated rings. The van der Waals surface area contributed by atoms with Crippen LogP contribution < -0.4 is 0 Å². The molecule has 0 aromatic heterocycles. The average molecular weight is 745 g/mol. The van der Waals surface area contributed by atoms with Gasteiger partial charge in [0.15, 0.2) is 34.0 Å². The molecule has 0 aliphatic carbocycles. The van der Waals surface area contributed by atoms with E-state index in [1.54, 1.807) is 0 Å². The molecule has 0 N–H and O–H groups in total. The monoisotopic (exact) mass is 745 g/mol. The topological polar surface area (TPSA) is 73.8 Å². The highest BCUT2D eigenvalue weighted by molar-refractivity contribution is 6.78. The molecule has 0 saturated carbocycles. The van der Waals surface area contributed by atoms with Crippen molar-refractivity contribution < 1.29 is 37.3 Å². The molecule has 0 aromatic carbocycles. The van der Waals surface area contributed by atoms with Crippen LogP contribution in [0.4, 0.5) is 0 Å². The minimum atomic E-state index is -2.01. The van der Waals surface area contributed by atoms with Gasteiger partial charge in [0.1, 0.15) is 0 Å². The lowest BCUT2D eigenvalue weighted by molar-refractivity contribution is -0.336. The van der Waals surface area contributed by atoms with Crippen molar-refractivity contribution >= 4 is 16.6 Å². The molecule has 8 nitrogen and oxygen atoms in total. The molecule has 3 rings (SSSR count). The Morgan fingerprint density at radius 3 is 0.820 bits per heavy atom. The molecule has 10 heteroatoms. The largest absolute Gasteiger partial charge is 0.413 e. The summed E-state index contributed by atoms with van der Waals surface area (Å²) in [5, 5.41) is 0. The summed E-state index contributed by atoms with van der Waals surface area (Å²) in [5.41, 5.74) is 3.19. The van der Waals surface area contributed by atoms with Gasteiger partial charge in [-0.2, -0.15) is 0 Å². The third-order valence-corrected chi connectivity index (χ3v) is 23.9. The highest BCUT2D eigenvalue weighted by atomic mass is 28.4. The van der Waals surface area contributed by atoms with Crippen LogP contribution in [0.5, 0.6) is 0 Å². The summed E-state index contributed by atoms with van der Waals surface area (Å²) in [7, 11) is -4.01. The van der Waals surface area contributed by atoms with Gasteiger partial charge in [-0.25, -0.2) is 0 Å². The summed E-state index contributed by atoms with van der Waals surface area (Å²) in [4.78, 5) is 0. The van der Waals surface area contributed by atoms with Crippen molar-refractivity contribution in [3.8, 4) is 0 Å². The van der Waals surface area contributed by atoms with E-state index in [2.05, 4.69) is 83.1 Å². The Balaban J connectivity index is 1.68. The molecule has 0 aromatic rings. The van der Waals surface area contributed by atoms with Crippen molar-refractivity contribution in [3.05, 3.63) is 0 Å². The van der Waals surface area contributed by atoms with Crippen LogP contribution in [0.2, 0.25) is 33.2 Å². The van der Waals surface area contributed by atoms with E-state index in [-0.39, 0.29) is 36.6 Å². The summed E-state index contributed by atoms with van der Waals surface area (Å²) in [6.45, 7) is 41.5. The van der Waals surface area contributed by atoms with Gasteiger partial charge < -0.3 is 37.3 Å². The van der Waals surface area contributed by atoms with Crippen LogP contribution in [0, 0.1) is 0 Å². The molecule has 6 atom stereocenters. The van der Waals surface area contributed by atoms with E-state index in [0.717, 1.165) is 32.1 Å². The van der Waals surface area contributed by atoms with Crippen LogP contribution in [0.1, 0.15) is 157 Å². The molecule has 50 heavy (non-hydrogen) atoms. The molecule has 296 valence electrons. The highest BCUT2D eigenvalue weighted by Gasteiger charge is 2.49. The Labute approximate surface area is 310 Å². The lowest BCUT2D eigenvalue weighted by Crippen LogP contribution is -2.53. The van der Waals surface area contributed by atoms with Gasteiger partial charge in [0.25, 0.3) is 0 Å². The minimum Gasteiger partial charge on any atom is -0.413 e. The van der Waals surface area contributed by atoms with Crippen LogP contribution in [0.3, 0.4) is 0 Å². The molecular formula is C40H80O8Si2. The van der Waals surface area contributed by atoms with Crippen LogP contribution in [-0.4, -0.2) is 83.8 Å². The zero-order valence-electron chi connectivity index (χ0n) is 35.6. The van der Waals surface area contributed by atoms with Gasteiger partial charge in [0, 0.05) is 32.1 Å². The average Bonchev–Trinajstić information content (AvgIpc) is 2.89. The van der Waals surface area contributed by atoms with Gasteiger partial charge in [0.2, 0.25) is 0 Å². The first kappa shape index (κ1) is 44.5. The van der Waals surface area contributed by atoms with Crippen molar-refractivity contribution in [1.82, 2.24) is 0 Å². The van der Waals surface area contributed by atoms with E-state index >= 15 is 0 Å². The molecule has 0 radical (unpaired) electrons. The normalized spacial score (nSPS) is 30.7. The zero-order chi connectivity index (χ0) is 38.0. The lowest BCUT2D eigenvalue weighted by Gasteiger charge is -2.48. The Kier molecular flexibility index (Phi) is 15.4. The smallest absolute Gasteiger partial charge is 0.200 e. The van der Waals surface area contributed by atoms with Crippen LogP contribution in [0.25, 0.3) is 0 Å². The van der Waals surface area contributed by atoms with Gasteiger partial charge in [-0.1, -0.05) is 83.1 Å². The summed E-state index contributed by atoms with van der Waals surface area (Å²) in [6.07, 6.45) is 3.94. The third kappa shape index (κ3) is 11.1.